The first kappa shape index (κ1) is 10.1. The molecule has 0 aromatic heterocycles. The van der Waals surface area contributed by atoms with E-state index in [0.29, 0.717) is 18.4 Å². The molecular weight excluding hydrogens is 188 g/mol. The third kappa shape index (κ3) is 1.31. The molecule has 0 radical (unpaired) electrons. The molecule has 3 aliphatic rings. The molecule has 15 heavy (non-hydrogen) atoms. The van der Waals surface area contributed by atoms with Gasteiger partial charge in [0.2, 0.25) is 0 Å². The zero-order valence-electron chi connectivity index (χ0n) is 9.56. The van der Waals surface area contributed by atoms with E-state index >= 15 is 0 Å². The molecule has 1 N–H and O–H groups in total. The fourth-order valence-corrected chi connectivity index (χ4v) is 5.07. The Morgan fingerprint density at radius 1 is 1.07 bits per heavy atom. The van der Waals surface area contributed by atoms with Crippen molar-refractivity contribution in [3.8, 4) is 0 Å². The summed E-state index contributed by atoms with van der Waals surface area (Å²) < 4.78 is 5.35. The molecule has 0 aliphatic heterocycles. The summed E-state index contributed by atoms with van der Waals surface area (Å²) in [7, 11) is 1.80. The summed E-state index contributed by atoms with van der Waals surface area (Å²) in [5.74, 6) is 4.85. The van der Waals surface area contributed by atoms with Crippen molar-refractivity contribution in [1.29, 1.82) is 0 Å². The van der Waals surface area contributed by atoms with Crippen LogP contribution < -0.4 is 0 Å². The van der Waals surface area contributed by atoms with Gasteiger partial charge in [0.05, 0.1) is 0 Å². The van der Waals surface area contributed by atoms with Crippen molar-refractivity contribution in [3.05, 3.63) is 0 Å². The second-order valence-corrected chi connectivity index (χ2v) is 5.79. The molecule has 3 aliphatic carbocycles. The van der Waals surface area contributed by atoms with E-state index < -0.39 is 0 Å². The van der Waals surface area contributed by atoms with E-state index in [-0.39, 0.29) is 0 Å². The minimum Gasteiger partial charge on any atom is -0.396 e. The van der Waals surface area contributed by atoms with Crippen molar-refractivity contribution in [2.45, 2.75) is 25.7 Å². The van der Waals surface area contributed by atoms with E-state index in [0.717, 1.165) is 30.3 Å². The summed E-state index contributed by atoms with van der Waals surface area (Å²) >= 11 is 0. The maximum Gasteiger partial charge on any atom is 0.0496 e. The van der Waals surface area contributed by atoms with Gasteiger partial charge in [-0.15, -0.1) is 0 Å². The quantitative estimate of drug-likeness (QED) is 0.771. The first-order chi connectivity index (χ1) is 7.36. The normalized spacial score (nSPS) is 52.4. The van der Waals surface area contributed by atoms with Gasteiger partial charge < -0.3 is 9.84 Å². The van der Waals surface area contributed by atoms with Crippen molar-refractivity contribution < 1.29 is 9.84 Å². The highest BCUT2D eigenvalue weighted by molar-refractivity contribution is 5.06. The molecule has 0 heterocycles. The summed E-state index contributed by atoms with van der Waals surface area (Å²) in [6, 6.07) is 0. The number of hydrogen-bond donors (Lipinski definition) is 1. The minimum absolute atomic E-state index is 0.387. The standard InChI is InChI=1S/C13H22O2/c1-15-7-13-11-5-10(12(13)6-14)8-3-2-4-9(8)11/h8-14H,2-7H2,1H3. The lowest BCUT2D eigenvalue weighted by molar-refractivity contribution is 0.0182. The molecule has 0 spiro atoms. The third-order valence-electron chi connectivity index (χ3n) is 5.49. The van der Waals surface area contributed by atoms with Gasteiger partial charge >= 0.3 is 0 Å². The van der Waals surface area contributed by atoms with Crippen LogP contribution >= 0.6 is 0 Å². The molecule has 3 rings (SSSR count). The Balaban J connectivity index is 1.81. The van der Waals surface area contributed by atoms with Gasteiger partial charge in [-0.1, -0.05) is 6.42 Å². The van der Waals surface area contributed by atoms with Crippen LogP contribution in [0.4, 0.5) is 0 Å². The molecule has 3 fully saturated rings. The fourth-order valence-electron chi connectivity index (χ4n) is 5.07. The fraction of sp³-hybridized carbons (Fsp3) is 1.00. The van der Waals surface area contributed by atoms with Crippen LogP contribution in [0, 0.1) is 35.5 Å². The molecule has 0 aromatic rings. The van der Waals surface area contributed by atoms with Crippen molar-refractivity contribution in [2.24, 2.45) is 35.5 Å². The minimum atomic E-state index is 0.387. The average Bonchev–Trinajstić information content (AvgIpc) is 2.87. The van der Waals surface area contributed by atoms with E-state index in [9.17, 15) is 5.11 Å². The molecule has 2 nitrogen and oxygen atoms in total. The molecule has 86 valence electrons. The van der Waals surface area contributed by atoms with Crippen LogP contribution in [0.3, 0.4) is 0 Å². The van der Waals surface area contributed by atoms with Crippen LogP contribution in [0.5, 0.6) is 0 Å². The van der Waals surface area contributed by atoms with Gasteiger partial charge in [-0.25, -0.2) is 0 Å². The van der Waals surface area contributed by atoms with Crippen molar-refractivity contribution in [3.63, 3.8) is 0 Å². The largest absolute Gasteiger partial charge is 0.396 e. The SMILES string of the molecule is COCC1C(CO)C2CC1C1CCCC12. The topological polar surface area (TPSA) is 29.5 Å². The first-order valence-electron chi connectivity index (χ1n) is 6.46. The monoisotopic (exact) mass is 210 g/mol. The van der Waals surface area contributed by atoms with Crippen LogP contribution in [-0.4, -0.2) is 25.4 Å². The molecule has 2 heteroatoms. The van der Waals surface area contributed by atoms with Crippen LogP contribution in [0.2, 0.25) is 0 Å². The van der Waals surface area contributed by atoms with Crippen LogP contribution in [-0.2, 0) is 4.74 Å². The van der Waals surface area contributed by atoms with Crippen molar-refractivity contribution in [1.82, 2.24) is 0 Å². The lowest BCUT2D eigenvalue weighted by Gasteiger charge is -2.37. The number of rotatable bonds is 3. The maximum absolute atomic E-state index is 9.55. The zero-order chi connectivity index (χ0) is 10.4. The highest BCUT2D eigenvalue weighted by Gasteiger charge is 2.58. The van der Waals surface area contributed by atoms with E-state index in [1.54, 1.807) is 7.11 Å². The Kier molecular flexibility index (Phi) is 2.52. The highest BCUT2D eigenvalue weighted by atomic mass is 16.5. The van der Waals surface area contributed by atoms with Gasteiger partial charge in [-0.05, 0) is 54.8 Å². The van der Waals surface area contributed by atoms with Crippen LogP contribution in [0.1, 0.15) is 25.7 Å². The number of hydrogen-bond acceptors (Lipinski definition) is 2. The number of methoxy groups -OCH3 is 1. The average molecular weight is 210 g/mol. The summed E-state index contributed by atoms with van der Waals surface area (Å²) in [5, 5.41) is 9.55. The predicted molar refractivity (Wildman–Crippen MR) is 58.4 cm³/mol. The van der Waals surface area contributed by atoms with E-state index in [2.05, 4.69) is 0 Å². The van der Waals surface area contributed by atoms with Crippen molar-refractivity contribution >= 4 is 0 Å². The Morgan fingerprint density at radius 2 is 1.73 bits per heavy atom. The lowest BCUT2D eigenvalue weighted by Crippen LogP contribution is -2.36. The van der Waals surface area contributed by atoms with Gasteiger partial charge in [0.1, 0.15) is 0 Å². The van der Waals surface area contributed by atoms with Gasteiger partial charge in [-0.2, -0.15) is 0 Å². The molecule has 0 aromatic carbocycles. The summed E-state index contributed by atoms with van der Waals surface area (Å²) in [6.45, 7) is 1.26. The Bertz CT molecular complexity index is 241. The molecular formula is C13H22O2. The van der Waals surface area contributed by atoms with Crippen LogP contribution in [0.15, 0.2) is 0 Å². The molecule has 6 unspecified atom stereocenters. The highest BCUT2D eigenvalue weighted by Crippen LogP contribution is 2.63. The molecule has 0 amide bonds. The number of ether oxygens (including phenoxy) is 1. The van der Waals surface area contributed by atoms with Gasteiger partial charge in [-0.3, -0.25) is 0 Å². The second kappa shape index (κ2) is 3.74. The zero-order valence-corrected chi connectivity index (χ0v) is 9.56. The molecule has 6 atom stereocenters. The van der Waals surface area contributed by atoms with E-state index in [1.165, 1.54) is 25.7 Å². The number of aliphatic hydroxyl groups excluding tert-OH is 1. The maximum atomic E-state index is 9.55. The second-order valence-electron chi connectivity index (χ2n) is 5.79. The number of aliphatic hydroxyl groups is 1. The Labute approximate surface area is 92.0 Å². The Hall–Kier alpha value is -0.0800. The van der Waals surface area contributed by atoms with E-state index in [4.69, 9.17) is 4.74 Å². The summed E-state index contributed by atoms with van der Waals surface area (Å²) in [4.78, 5) is 0. The third-order valence-corrected chi connectivity index (χ3v) is 5.49. The Morgan fingerprint density at radius 3 is 2.33 bits per heavy atom. The first-order valence-corrected chi connectivity index (χ1v) is 6.46. The summed E-state index contributed by atoms with van der Waals surface area (Å²) in [6.07, 6.45) is 5.70. The molecule has 3 saturated carbocycles. The summed E-state index contributed by atoms with van der Waals surface area (Å²) in [5.41, 5.74) is 0. The van der Waals surface area contributed by atoms with Gasteiger partial charge in [0, 0.05) is 20.3 Å². The molecule has 0 saturated heterocycles. The van der Waals surface area contributed by atoms with Gasteiger partial charge in [0.25, 0.3) is 0 Å². The smallest absolute Gasteiger partial charge is 0.0496 e. The number of fused-ring (bicyclic) bond motifs is 5. The van der Waals surface area contributed by atoms with Crippen molar-refractivity contribution in [2.75, 3.05) is 20.3 Å². The van der Waals surface area contributed by atoms with Gasteiger partial charge in [0.15, 0.2) is 0 Å². The van der Waals surface area contributed by atoms with E-state index in [1.807, 2.05) is 0 Å². The predicted octanol–water partition coefficient (Wildman–Crippen LogP) is 1.92. The van der Waals surface area contributed by atoms with Crippen LogP contribution in [0.25, 0.3) is 0 Å². The lowest BCUT2D eigenvalue weighted by atomic mass is 9.70. The molecule has 2 bridgehead atoms.